The molecule has 0 unspecified atom stereocenters. The molecule has 0 aliphatic carbocycles. The summed E-state index contributed by atoms with van der Waals surface area (Å²) in [7, 11) is 0. The molecule has 284 valence electrons. The highest BCUT2D eigenvalue weighted by molar-refractivity contribution is 6.13. The second kappa shape index (κ2) is 14.5. The lowest BCUT2D eigenvalue weighted by Crippen LogP contribution is -2.15. The third kappa shape index (κ3) is 5.93. The van der Waals surface area contributed by atoms with Crippen molar-refractivity contribution in [3.63, 3.8) is 0 Å². The topological polar surface area (TPSA) is 21.9 Å². The molecule has 3 nitrogen and oxygen atoms in total. The Hall–Kier alpha value is -7.80. The summed E-state index contributed by atoms with van der Waals surface area (Å²) >= 11 is 0. The molecule has 10 aromatic rings. The zero-order valence-electron chi connectivity index (χ0n) is 33.6. The van der Waals surface area contributed by atoms with Gasteiger partial charge in [-0.3, -0.25) is 0 Å². The first-order chi connectivity index (χ1) is 29.6. The molecule has 8 aromatic carbocycles. The number of benzene rings is 7. The zero-order valence-corrected chi connectivity index (χ0v) is 33.6. The molecule has 11 rings (SSSR count). The van der Waals surface area contributed by atoms with Crippen LogP contribution in [-0.4, -0.2) is 9.13 Å². The molecule has 0 fully saturated rings. The average Bonchev–Trinajstić information content (AvgIpc) is 3.82. The van der Waals surface area contributed by atoms with Crippen LogP contribution in [0.2, 0.25) is 0 Å². The number of fused-ring (bicyclic) bond motifs is 6. The number of nitrogens with zero attached hydrogens (tertiary/aromatic N) is 2. The van der Waals surface area contributed by atoms with Crippen molar-refractivity contribution < 1.29 is 0 Å². The fraction of sp³-hybridized carbons (Fsp3) is 0.0526. The van der Waals surface area contributed by atoms with Gasteiger partial charge < -0.3 is 14.5 Å². The highest BCUT2D eigenvalue weighted by Gasteiger charge is 2.18. The van der Waals surface area contributed by atoms with E-state index in [0.29, 0.717) is 0 Å². The van der Waals surface area contributed by atoms with Gasteiger partial charge in [-0.05, 0) is 138 Å². The number of aryl methyl sites for hydroxylation is 1. The molecule has 0 radical (unpaired) electrons. The van der Waals surface area contributed by atoms with Gasteiger partial charge in [-0.15, -0.1) is 0 Å². The lowest BCUT2D eigenvalue weighted by Gasteiger charge is -2.20. The molecule has 0 bridgehead atoms. The monoisotopic (exact) mass is 767 g/mol. The van der Waals surface area contributed by atoms with E-state index < -0.39 is 0 Å². The Kier molecular flexibility index (Phi) is 8.57. The minimum Gasteiger partial charge on any atom is -0.355 e. The summed E-state index contributed by atoms with van der Waals surface area (Å²) in [6, 6.07) is 70.6. The van der Waals surface area contributed by atoms with Gasteiger partial charge in [0.05, 0.1) is 22.1 Å². The van der Waals surface area contributed by atoms with Gasteiger partial charge in [0.15, 0.2) is 0 Å². The van der Waals surface area contributed by atoms with Gasteiger partial charge in [0.1, 0.15) is 0 Å². The van der Waals surface area contributed by atoms with Crippen molar-refractivity contribution in [2.45, 2.75) is 20.3 Å². The Morgan fingerprint density at radius 3 is 1.68 bits per heavy atom. The molecular formula is C57H41N3. The van der Waals surface area contributed by atoms with Crippen LogP contribution in [0.3, 0.4) is 0 Å². The van der Waals surface area contributed by atoms with E-state index in [-0.39, 0.29) is 0 Å². The van der Waals surface area contributed by atoms with Crippen molar-refractivity contribution in [1.82, 2.24) is 14.5 Å². The summed E-state index contributed by atoms with van der Waals surface area (Å²) in [6.07, 6.45) is 7.32. The number of hydrogen-bond donors (Lipinski definition) is 1. The van der Waals surface area contributed by atoms with Crippen LogP contribution in [0.15, 0.2) is 200 Å². The first kappa shape index (κ1) is 35.4. The van der Waals surface area contributed by atoms with Crippen LogP contribution in [0.1, 0.15) is 30.0 Å². The zero-order chi connectivity index (χ0) is 40.2. The number of hydrogen-bond acceptors (Lipinski definition) is 1. The van der Waals surface area contributed by atoms with Crippen LogP contribution >= 0.6 is 0 Å². The molecule has 0 saturated heterocycles. The third-order valence-corrected chi connectivity index (χ3v) is 12.1. The minimum absolute atomic E-state index is 0.854. The van der Waals surface area contributed by atoms with Crippen LogP contribution in [0, 0.1) is 19.1 Å². The molecule has 0 saturated carbocycles. The quantitative estimate of drug-likeness (QED) is 0.171. The molecule has 0 atom stereocenters. The summed E-state index contributed by atoms with van der Waals surface area (Å²) < 4.78 is 4.77. The molecule has 3 heterocycles. The predicted molar refractivity (Wildman–Crippen MR) is 252 cm³/mol. The molecule has 2 aromatic heterocycles. The number of aromatic nitrogens is 2. The maximum absolute atomic E-state index is 3.74. The van der Waals surface area contributed by atoms with Crippen molar-refractivity contribution in [3.8, 4) is 33.6 Å². The molecule has 3 heteroatoms. The van der Waals surface area contributed by atoms with E-state index >= 15 is 0 Å². The van der Waals surface area contributed by atoms with E-state index in [1.807, 2.05) is 0 Å². The first-order valence-corrected chi connectivity index (χ1v) is 20.7. The van der Waals surface area contributed by atoms with Gasteiger partial charge in [-0.2, -0.15) is 0 Å². The van der Waals surface area contributed by atoms with Gasteiger partial charge in [0.25, 0.3) is 0 Å². The summed E-state index contributed by atoms with van der Waals surface area (Å²) in [5.74, 6) is 0. The predicted octanol–water partition coefficient (Wildman–Crippen LogP) is 14.4. The fourth-order valence-corrected chi connectivity index (χ4v) is 9.20. The summed E-state index contributed by atoms with van der Waals surface area (Å²) in [6.45, 7) is 4.37. The Balaban J connectivity index is 1.03. The van der Waals surface area contributed by atoms with Crippen LogP contribution in [0.25, 0.3) is 88.5 Å². The van der Waals surface area contributed by atoms with Crippen molar-refractivity contribution in [1.29, 1.82) is 0 Å². The Bertz CT molecular complexity index is 3370. The minimum atomic E-state index is 0.854. The van der Waals surface area contributed by atoms with Crippen molar-refractivity contribution in [2.24, 2.45) is 0 Å². The van der Waals surface area contributed by atoms with Gasteiger partial charge in [-0.25, -0.2) is 0 Å². The second-order valence-electron chi connectivity index (χ2n) is 15.6. The highest BCUT2D eigenvalue weighted by Crippen LogP contribution is 2.40. The van der Waals surface area contributed by atoms with E-state index in [4.69, 9.17) is 0 Å². The van der Waals surface area contributed by atoms with E-state index in [0.717, 1.165) is 45.9 Å². The second-order valence-corrected chi connectivity index (χ2v) is 15.6. The molecule has 1 aliphatic rings. The van der Waals surface area contributed by atoms with Gasteiger partial charge >= 0.3 is 0 Å². The summed E-state index contributed by atoms with van der Waals surface area (Å²) in [4.78, 5) is 0. The van der Waals surface area contributed by atoms with Gasteiger partial charge in [0.2, 0.25) is 0 Å². The van der Waals surface area contributed by atoms with Crippen molar-refractivity contribution in [3.05, 3.63) is 229 Å². The molecular weight excluding hydrogens is 727 g/mol. The Morgan fingerprint density at radius 2 is 1.07 bits per heavy atom. The van der Waals surface area contributed by atoms with Crippen LogP contribution < -0.4 is 5.32 Å². The van der Waals surface area contributed by atoms with E-state index in [2.05, 4.69) is 235 Å². The number of rotatable bonds is 7. The SMILES string of the molecule is CC/C(=C1/C=CC=C(c2ccccc2C)N1)c1c#ccc(-c2ccc3c(c2)c2cc(-c4ccc5c(c4)c4ccccc4n5-c4ccccc4)ccc2n3-c2ccccc2)c1. The Labute approximate surface area is 350 Å². The molecule has 0 spiro atoms. The van der Waals surface area contributed by atoms with Gasteiger partial charge in [0, 0.05) is 55.4 Å². The van der Waals surface area contributed by atoms with Crippen LogP contribution in [0.4, 0.5) is 0 Å². The average molecular weight is 768 g/mol. The van der Waals surface area contributed by atoms with Crippen molar-refractivity contribution in [2.75, 3.05) is 0 Å². The highest BCUT2D eigenvalue weighted by atomic mass is 15.0. The van der Waals surface area contributed by atoms with Crippen LogP contribution in [-0.2, 0) is 0 Å². The standard InChI is InChI=1S/C57H41N3/c1-3-46(52-25-15-26-53(58-52)47-23-11-10-16-38(47)2)43-18-14-17-39(34-43)40-28-32-56-50(36-40)51-37-42(30-33-57(51)60(56)45-21-8-5-9-22-45)41-29-31-55-49(35-41)48-24-12-13-27-54(48)59(55)44-19-6-4-7-20-44/h4-13,15-17,19-37,58H,3H2,1-2H3/b52-46+. The van der Waals surface area contributed by atoms with Crippen molar-refractivity contribution >= 4 is 54.9 Å². The summed E-state index contributed by atoms with van der Waals surface area (Å²) in [5, 5.41) is 8.67. The first-order valence-electron chi connectivity index (χ1n) is 20.7. The fourth-order valence-electron chi connectivity index (χ4n) is 9.20. The lowest BCUT2D eigenvalue weighted by atomic mass is 9.95. The Morgan fingerprint density at radius 1 is 0.533 bits per heavy atom. The van der Waals surface area contributed by atoms with E-state index in [1.54, 1.807) is 0 Å². The lowest BCUT2D eigenvalue weighted by molar-refractivity contribution is 1.08. The maximum Gasteiger partial charge on any atom is 0.0541 e. The molecule has 1 N–H and O–H groups in total. The molecule has 0 amide bonds. The van der Waals surface area contributed by atoms with E-state index in [1.165, 1.54) is 71.4 Å². The number of dihydropyridines is 1. The van der Waals surface area contributed by atoms with Gasteiger partial charge in [-0.1, -0.05) is 122 Å². The molecule has 60 heavy (non-hydrogen) atoms. The largest absolute Gasteiger partial charge is 0.355 e. The number of nitrogens with one attached hydrogen (secondary N) is 1. The number of allylic oxidation sites excluding steroid dienone is 4. The summed E-state index contributed by atoms with van der Waals surface area (Å²) in [5.41, 5.74) is 18.6. The van der Waals surface area contributed by atoms with Crippen LogP contribution in [0.5, 0.6) is 0 Å². The molecule has 1 aliphatic heterocycles. The normalized spacial score (nSPS) is 13.5. The number of para-hydroxylation sites is 3. The maximum atomic E-state index is 3.74. The third-order valence-electron chi connectivity index (χ3n) is 12.1. The smallest absolute Gasteiger partial charge is 0.0541 e. The van der Waals surface area contributed by atoms with E-state index in [9.17, 15) is 0 Å².